The smallest absolute Gasteiger partial charge is 0.274 e. The lowest BCUT2D eigenvalue weighted by Crippen LogP contribution is -2.29. The molecular formula is C19H18ClN3O3. The molecule has 1 N–H and O–H groups in total. The molecule has 0 bridgehead atoms. The number of carbonyl (C=O) groups excluding carboxylic acids is 1. The molecule has 26 heavy (non-hydrogen) atoms. The number of benzene rings is 2. The molecule has 0 spiro atoms. The first-order valence-electron chi connectivity index (χ1n) is 8.12. The van der Waals surface area contributed by atoms with Crippen LogP contribution in [0.4, 0.5) is 0 Å². The molecule has 2 aromatic carbocycles. The van der Waals surface area contributed by atoms with E-state index in [1.807, 2.05) is 12.1 Å². The van der Waals surface area contributed by atoms with Crippen LogP contribution in [-0.2, 0) is 17.8 Å². The van der Waals surface area contributed by atoms with E-state index in [2.05, 4.69) is 10.4 Å². The first kappa shape index (κ1) is 18.1. The zero-order chi connectivity index (χ0) is 18.5. The van der Waals surface area contributed by atoms with Gasteiger partial charge in [-0.2, -0.15) is 5.10 Å². The molecule has 0 aliphatic carbocycles. The molecule has 0 aliphatic heterocycles. The Morgan fingerprint density at radius 3 is 2.58 bits per heavy atom. The fraction of sp³-hybridized carbons (Fsp3) is 0.211. The van der Waals surface area contributed by atoms with Gasteiger partial charge in [0.05, 0.1) is 41.4 Å². The Hall–Kier alpha value is -2.70. The van der Waals surface area contributed by atoms with E-state index in [0.717, 1.165) is 0 Å². The molecule has 0 aliphatic rings. The van der Waals surface area contributed by atoms with Gasteiger partial charge in [-0.15, -0.1) is 0 Å². The van der Waals surface area contributed by atoms with Gasteiger partial charge in [0.1, 0.15) is 0 Å². The van der Waals surface area contributed by atoms with Gasteiger partial charge >= 0.3 is 0 Å². The van der Waals surface area contributed by atoms with E-state index in [9.17, 15) is 9.59 Å². The van der Waals surface area contributed by atoms with Gasteiger partial charge in [-0.05, 0) is 18.2 Å². The quantitative estimate of drug-likeness (QED) is 0.723. The van der Waals surface area contributed by atoms with Crippen molar-refractivity contribution < 1.29 is 9.53 Å². The van der Waals surface area contributed by atoms with Crippen molar-refractivity contribution in [2.75, 3.05) is 13.7 Å². The molecule has 1 heterocycles. The monoisotopic (exact) mass is 371 g/mol. The summed E-state index contributed by atoms with van der Waals surface area (Å²) >= 11 is 6.06. The topological polar surface area (TPSA) is 73.2 Å². The third-order valence-electron chi connectivity index (χ3n) is 3.99. The lowest BCUT2D eigenvalue weighted by atomic mass is 10.1. The summed E-state index contributed by atoms with van der Waals surface area (Å²) in [7, 11) is 1.57. The second kappa shape index (κ2) is 8.12. The zero-order valence-electron chi connectivity index (χ0n) is 14.2. The number of methoxy groups -OCH3 is 1. The number of rotatable bonds is 6. The lowest BCUT2D eigenvalue weighted by Gasteiger charge is -2.12. The van der Waals surface area contributed by atoms with E-state index in [1.165, 1.54) is 4.68 Å². The van der Waals surface area contributed by atoms with Crippen LogP contribution in [0.3, 0.4) is 0 Å². The Morgan fingerprint density at radius 2 is 1.85 bits per heavy atom. The standard InChI is InChI=1S/C19H18ClN3O3/c1-26-11-10-23-19(25)14-7-3-2-6-13(14)17(22-23)12-21-18(24)15-8-4-5-9-16(15)20/h2-9H,10-12H2,1H3,(H,21,24). The van der Waals surface area contributed by atoms with Crippen molar-refractivity contribution in [3.8, 4) is 0 Å². The number of carbonyl (C=O) groups is 1. The summed E-state index contributed by atoms with van der Waals surface area (Å²) in [5.74, 6) is -0.295. The predicted molar refractivity (Wildman–Crippen MR) is 101 cm³/mol. The number of nitrogens with one attached hydrogen (secondary N) is 1. The van der Waals surface area contributed by atoms with Gasteiger partial charge in [-0.1, -0.05) is 41.9 Å². The number of hydrogen-bond donors (Lipinski definition) is 1. The predicted octanol–water partition coefficient (Wildman–Crippen LogP) is 2.63. The Labute approximate surface area is 155 Å². The minimum absolute atomic E-state index is 0.178. The van der Waals surface area contributed by atoms with Gasteiger partial charge in [0, 0.05) is 12.5 Å². The van der Waals surface area contributed by atoms with Crippen LogP contribution in [0.25, 0.3) is 10.8 Å². The van der Waals surface area contributed by atoms with Gasteiger partial charge in [0.15, 0.2) is 0 Å². The van der Waals surface area contributed by atoms with E-state index >= 15 is 0 Å². The minimum Gasteiger partial charge on any atom is -0.383 e. The number of aromatic nitrogens is 2. The molecule has 1 aromatic heterocycles. The fourth-order valence-corrected chi connectivity index (χ4v) is 2.89. The summed E-state index contributed by atoms with van der Waals surface area (Å²) in [4.78, 5) is 24.9. The molecule has 6 nitrogen and oxygen atoms in total. The lowest BCUT2D eigenvalue weighted by molar-refractivity contribution is 0.0950. The molecule has 7 heteroatoms. The molecule has 3 aromatic rings. The number of ether oxygens (including phenoxy) is 1. The Bertz CT molecular complexity index is 1000. The SMILES string of the molecule is COCCn1nc(CNC(=O)c2ccccc2Cl)c2ccccc2c1=O. The summed E-state index contributed by atoms with van der Waals surface area (Å²) in [5.41, 5.74) is 0.821. The minimum atomic E-state index is -0.295. The van der Waals surface area contributed by atoms with Crippen LogP contribution in [0.15, 0.2) is 53.3 Å². The van der Waals surface area contributed by atoms with E-state index in [0.29, 0.717) is 40.2 Å². The van der Waals surface area contributed by atoms with E-state index in [1.54, 1.807) is 43.5 Å². The first-order valence-corrected chi connectivity index (χ1v) is 8.50. The summed E-state index contributed by atoms with van der Waals surface area (Å²) in [6.45, 7) is 0.889. The fourth-order valence-electron chi connectivity index (χ4n) is 2.67. The highest BCUT2D eigenvalue weighted by Gasteiger charge is 2.13. The maximum atomic E-state index is 12.5. The van der Waals surface area contributed by atoms with Crippen LogP contribution in [0.1, 0.15) is 16.1 Å². The summed E-state index contributed by atoms with van der Waals surface area (Å²) < 4.78 is 6.40. The Kier molecular flexibility index (Phi) is 5.65. The van der Waals surface area contributed by atoms with E-state index in [-0.39, 0.29) is 18.0 Å². The molecule has 0 saturated carbocycles. The van der Waals surface area contributed by atoms with Crippen LogP contribution < -0.4 is 10.9 Å². The molecule has 0 fully saturated rings. The third kappa shape index (κ3) is 3.76. The molecule has 0 unspecified atom stereocenters. The highest BCUT2D eigenvalue weighted by Crippen LogP contribution is 2.16. The number of fused-ring (bicyclic) bond motifs is 1. The number of nitrogens with zero attached hydrogens (tertiary/aromatic N) is 2. The molecular weight excluding hydrogens is 354 g/mol. The number of halogens is 1. The van der Waals surface area contributed by atoms with Gasteiger partial charge in [-0.25, -0.2) is 4.68 Å². The highest BCUT2D eigenvalue weighted by atomic mass is 35.5. The molecule has 1 amide bonds. The van der Waals surface area contributed by atoms with Crippen molar-refractivity contribution in [3.63, 3.8) is 0 Å². The van der Waals surface area contributed by atoms with Crippen molar-refractivity contribution in [2.45, 2.75) is 13.1 Å². The van der Waals surface area contributed by atoms with Crippen molar-refractivity contribution in [2.24, 2.45) is 0 Å². The molecule has 0 atom stereocenters. The van der Waals surface area contributed by atoms with Gasteiger partial charge in [0.25, 0.3) is 11.5 Å². The second-order valence-electron chi connectivity index (χ2n) is 5.68. The zero-order valence-corrected chi connectivity index (χ0v) is 15.0. The van der Waals surface area contributed by atoms with Gasteiger partial charge in [0.2, 0.25) is 0 Å². The van der Waals surface area contributed by atoms with Crippen LogP contribution in [0.2, 0.25) is 5.02 Å². The highest BCUT2D eigenvalue weighted by molar-refractivity contribution is 6.33. The van der Waals surface area contributed by atoms with Crippen LogP contribution in [0, 0.1) is 0 Å². The van der Waals surface area contributed by atoms with Crippen LogP contribution >= 0.6 is 11.6 Å². The van der Waals surface area contributed by atoms with Gasteiger partial charge < -0.3 is 10.1 Å². The molecule has 3 rings (SSSR count). The number of amides is 1. The van der Waals surface area contributed by atoms with Crippen molar-refractivity contribution in [3.05, 3.63) is 75.2 Å². The van der Waals surface area contributed by atoms with Crippen molar-refractivity contribution in [1.29, 1.82) is 0 Å². The maximum absolute atomic E-state index is 12.5. The Balaban J connectivity index is 1.91. The summed E-state index contributed by atoms with van der Waals surface area (Å²) in [5, 5.41) is 8.87. The molecule has 134 valence electrons. The van der Waals surface area contributed by atoms with E-state index in [4.69, 9.17) is 16.3 Å². The Morgan fingerprint density at radius 1 is 1.15 bits per heavy atom. The third-order valence-corrected chi connectivity index (χ3v) is 4.32. The second-order valence-corrected chi connectivity index (χ2v) is 6.08. The van der Waals surface area contributed by atoms with Crippen molar-refractivity contribution >= 4 is 28.3 Å². The van der Waals surface area contributed by atoms with Crippen molar-refractivity contribution in [1.82, 2.24) is 15.1 Å². The maximum Gasteiger partial charge on any atom is 0.274 e. The normalized spacial score (nSPS) is 10.8. The summed E-state index contributed by atoms with van der Waals surface area (Å²) in [6.07, 6.45) is 0. The number of hydrogen-bond acceptors (Lipinski definition) is 4. The average Bonchev–Trinajstić information content (AvgIpc) is 2.67. The molecule has 0 radical (unpaired) electrons. The van der Waals surface area contributed by atoms with Crippen LogP contribution in [-0.4, -0.2) is 29.4 Å². The van der Waals surface area contributed by atoms with E-state index < -0.39 is 0 Å². The summed E-state index contributed by atoms with van der Waals surface area (Å²) in [6, 6.07) is 14.0. The van der Waals surface area contributed by atoms with Crippen LogP contribution in [0.5, 0.6) is 0 Å². The molecule has 0 saturated heterocycles. The largest absolute Gasteiger partial charge is 0.383 e. The first-order chi connectivity index (χ1) is 12.6. The average molecular weight is 372 g/mol. The van der Waals surface area contributed by atoms with Gasteiger partial charge in [-0.3, -0.25) is 9.59 Å².